The Morgan fingerprint density at radius 3 is 2.51 bits per heavy atom. The van der Waals surface area contributed by atoms with E-state index in [4.69, 9.17) is 9.29 Å². The second kappa shape index (κ2) is 9.36. The lowest BCUT2D eigenvalue weighted by Crippen LogP contribution is -2.60. The first-order chi connectivity index (χ1) is 16.3. The van der Waals surface area contributed by atoms with Crippen molar-refractivity contribution < 1.29 is 36.9 Å². The molecule has 1 unspecified atom stereocenters. The normalized spacial score (nSPS) is 40.0. The average Bonchev–Trinajstić information content (AvgIpc) is 3.12. The molecule has 0 amide bonds. The van der Waals surface area contributed by atoms with Gasteiger partial charge in [-0.1, -0.05) is 20.8 Å². The molecule has 8 atom stereocenters. The standard InChI is InChI=1S/C26H38O8S/c1-15(4-7-23(30)34-10-11-35(31,32)33)18-5-6-19-24-20(14-22(29)26(18,19)3)25(2)9-8-17(27)12-16(25)13-21(24)28/h15-16,18-20,24H,4-14H2,1-3H3,(H,31,32,33)/t15-,16?,18-,19+,20+,24+,25+,26-/m1/s1. The molecule has 0 aromatic carbocycles. The Morgan fingerprint density at radius 1 is 1.11 bits per heavy atom. The van der Waals surface area contributed by atoms with Crippen LogP contribution in [0.5, 0.6) is 0 Å². The molecule has 8 nitrogen and oxygen atoms in total. The maximum atomic E-state index is 13.8. The van der Waals surface area contributed by atoms with Gasteiger partial charge >= 0.3 is 5.97 Å². The smallest absolute Gasteiger partial charge is 0.305 e. The lowest BCUT2D eigenvalue weighted by atomic mass is 9.44. The van der Waals surface area contributed by atoms with Crippen LogP contribution < -0.4 is 0 Å². The molecule has 4 rings (SSSR count). The quantitative estimate of drug-likeness (QED) is 0.407. The van der Waals surface area contributed by atoms with Gasteiger partial charge in [0.1, 0.15) is 29.7 Å². The fourth-order valence-corrected chi connectivity index (χ4v) is 8.56. The SMILES string of the molecule is C[C@H](CCC(=O)OCCS(=O)(=O)O)[C@H]1CC[C@H]2[C@@H]3C(=O)CC4CC(=O)CC[C@]4(C)[C@H]3CC(=O)[C@]12C. The predicted octanol–water partition coefficient (Wildman–Crippen LogP) is 3.42. The first kappa shape index (κ1) is 26.5. The Hall–Kier alpha value is -1.61. The van der Waals surface area contributed by atoms with Gasteiger partial charge < -0.3 is 4.74 Å². The van der Waals surface area contributed by atoms with Crippen LogP contribution in [0.2, 0.25) is 0 Å². The molecule has 0 aromatic rings. The van der Waals surface area contributed by atoms with E-state index in [1.807, 2.05) is 13.8 Å². The Balaban J connectivity index is 1.45. The van der Waals surface area contributed by atoms with Crippen molar-refractivity contribution in [2.24, 2.45) is 46.3 Å². The highest BCUT2D eigenvalue weighted by Crippen LogP contribution is 2.66. The summed E-state index contributed by atoms with van der Waals surface area (Å²) in [6.45, 7) is 5.88. The minimum absolute atomic E-state index is 0.00538. The number of rotatable bonds is 7. The summed E-state index contributed by atoms with van der Waals surface area (Å²) in [5, 5.41) is 0. The summed E-state index contributed by atoms with van der Waals surface area (Å²) in [5.74, 6) is -0.396. The van der Waals surface area contributed by atoms with Crippen LogP contribution in [0.1, 0.15) is 78.6 Å². The number of ketones is 3. The Bertz CT molecular complexity index is 1020. The molecule has 0 aliphatic heterocycles. The summed E-state index contributed by atoms with van der Waals surface area (Å²) < 4.78 is 35.2. The lowest BCUT2D eigenvalue weighted by molar-refractivity contribution is -0.166. The van der Waals surface area contributed by atoms with Gasteiger partial charge in [-0.2, -0.15) is 8.42 Å². The topological polar surface area (TPSA) is 132 Å². The molecule has 4 aliphatic carbocycles. The first-order valence-electron chi connectivity index (χ1n) is 13.0. The summed E-state index contributed by atoms with van der Waals surface area (Å²) in [5.41, 5.74) is -0.738. The van der Waals surface area contributed by atoms with E-state index in [1.165, 1.54) is 0 Å². The van der Waals surface area contributed by atoms with E-state index in [0.717, 1.165) is 19.3 Å². The van der Waals surface area contributed by atoms with Crippen molar-refractivity contribution >= 4 is 33.4 Å². The van der Waals surface area contributed by atoms with Crippen LogP contribution in [0, 0.1) is 46.3 Å². The summed E-state index contributed by atoms with van der Waals surface area (Å²) in [6.07, 6.45) is 4.88. The van der Waals surface area contributed by atoms with E-state index in [0.29, 0.717) is 32.1 Å². The lowest BCUT2D eigenvalue weighted by Gasteiger charge is -2.58. The Morgan fingerprint density at radius 2 is 1.83 bits per heavy atom. The van der Waals surface area contributed by atoms with Crippen LogP contribution >= 0.6 is 0 Å². The molecule has 0 saturated heterocycles. The van der Waals surface area contributed by atoms with Gasteiger partial charge in [0.2, 0.25) is 0 Å². The maximum absolute atomic E-state index is 13.8. The fraction of sp³-hybridized carbons (Fsp3) is 0.846. The molecular weight excluding hydrogens is 472 g/mol. The van der Waals surface area contributed by atoms with E-state index >= 15 is 0 Å². The number of carbonyl (C=O) groups excluding carboxylic acids is 4. The van der Waals surface area contributed by atoms with Crippen molar-refractivity contribution in [1.82, 2.24) is 0 Å². The number of carbonyl (C=O) groups is 4. The van der Waals surface area contributed by atoms with Gasteiger partial charge in [0.25, 0.3) is 10.1 Å². The molecule has 0 heterocycles. The van der Waals surface area contributed by atoms with Crippen LogP contribution in [0.15, 0.2) is 0 Å². The molecule has 0 bridgehead atoms. The zero-order chi connectivity index (χ0) is 25.8. The van der Waals surface area contributed by atoms with Crippen LogP contribution in [0.4, 0.5) is 0 Å². The third kappa shape index (κ3) is 4.75. The minimum atomic E-state index is -4.18. The van der Waals surface area contributed by atoms with Crippen LogP contribution in [-0.4, -0.2) is 48.6 Å². The van der Waals surface area contributed by atoms with Gasteiger partial charge in [0.05, 0.1) is 0 Å². The van der Waals surface area contributed by atoms with Crippen molar-refractivity contribution in [1.29, 1.82) is 0 Å². The second-order valence-electron chi connectivity index (χ2n) is 12.0. The number of Topliss-reactive ketones (excluding diaryl/α,β-unsaturated/α-hetero) is 3. The molecule has 9 heteroatoms. The Labute approximate surface area is 207 Å². The van der Waals surface area contributed by atoms with E-state index in [1.54, 1.807) is 0 Å². The van der Waals surface area contributed by atoms with E-state index < -0.39 is 27.3 Å². The van der Waals surface area contributed by atoms with Gasteiger partial charge in [-0.05, 0) is 60.7 Å². The van der Waals surface area contributed by atoms with Crippen molar-refractivity contribution in [3.8, 4) is 0 Å². The molecule has 4 aliphatic rings. The summed E-state index contributed by atoms with van der Waals surface area (Å²) in [4.78, 5) is 51.4. The largest absolute Gasteiger partial charge is 0.464 e. The van der Waals surface area contributed by atoms with Gasteiger partial charge in [0.15, 0.2) is 0 Å². The highest BCUT2D eigenvalue weighted by molar-refractivity contribution is 7.85. The minimum Gasteiger partial charge on any atom is -0.464 e. The van der Waals surface area contributed by atoms with Crippen molar-refractivity contribution in [3.05, 3.63) is 0 Å². The highest BCUT2D eigenvalue weighted by Gasteiger charge is 2.66. The molecule has 1 N–H and O–H groups in total. The van der Waals surface area contributed by atoms with Crippen LogP contribution in [0.3, 0.4) is 0 Å². The first-order valence-corrected chi connectivity index (χ1v) is 14.6. The van der Waals surface area contributed by atoms with Crippen molar-refractivity contribution in [2.45, 2.75) is 78.6 Å². The summed E-state index contributed by atoms with van der Waals surface area (Å²) in [7, 11) is -4.18. The van der Waals surface area contributed by atoms with E-state index in [9.17, 15) is 27.6 Å². The number of ether oxygens (including phenoxy) is 1. The zero-order valence-electron chi connectivity index (χ0n) is 21.0. The highest BCUT2D eigenvalue weighted by atomic mass is 32.2. The number of fused-ring (bicyclic) bond motifs is 5. The molecule has 35 heavy (non-hydrogen) atoms. The predicted molar refractivity (Wildman–Crippen MR) is 127 cm³/mol. The summed E-state index contributed by atoms with van der Waals surface area (Å²) in [6, 6.07) is 0. The van der Waals surface area contributed by atoms with Gasteiger partial charge in [-0.25, -0.2) is 0 Å². The third-order valence-corrected chi connectivity index (χ3v) is 11.0. The molecule has 0 radical (unpaired) electrons. The monoisotopic (exact) mass is 510 g/mol. The van der Waals surface area contributed by atoms with Gasteiger partial charge in [-0.15, -0.1) is 0 Å². The summed E-state index contributed by atoms with van der Waals surface area (Å²) >= 11 is 0. The van der Waals surface area contributed by atoms with Gasteiger partial charge in [0, 0.05) is 43.4 Å². The Kier molecular flexibility index (Phi) is 7.07. The fourth-order valence-electron chi connectivity index (χ4n) is 8.27. The van der Waals surface area contributed by atoms with Crippen LogP contribution in [-0.2, 0) is 34.0 Å². The van der Waals surface area contributed by atoms with Crippen molar-refractivity contribution in [2.75, 3.05) is 12.4 Å². The molecular formula is C26H38O8S. The van der Waals surface area contributed by atoms with Crippen LogP contribution in [0.25, 0.3) is 0 Å². The molecule has 0 aromatic heterocycles. The zero-order valence-corrected chi connectivity index (χ0v) is 21.8. The molecule has 196 valence electrons. The average molecular weight is 511 g/mol. The number of hydrogen-bond acceptors (Lipinski definition) is 7. The molecule has 4 saturated carbocycles. The van der Waals surface area contributed by atoms with Crippen molar-refractivity contribution in [3.63, 3.8) is 0 Å². The van der Waals surface area contributed by atoms with Gasteiger partial charge in [-0.3, -0.25) is 23.7 Å². The maximum Gasteiger partial charge on any atom is 0.305 e. The second-order valence-corrected chi connectivity index (χ2v) is 13.5. The number of esters is 1. The molecule has 4 fully saturated rings. The van der Waals surface area contributed by atoms with E-state index in [-0.39, 0.29) is 71.3 Å². The third-order valence-electron chi connectivity index (χ3n) is 10.3. The van der Waals surface area contributed by atoms with E-state index in [2.05, 4.69) is 6.92 Å². The molecule has 0 spiro atoms. The number of hydrogen-bond donors (Lipinski definition) is 1.